The third-order valence-electron chi connectivity index (χ3n) is 5.21. The van der Waals surface area contributed by atoms with E-state index in [-0.39, 0.29) is 30.3 Å². The second-order valence-electron chi connectivity index (χ2n) is 7.89. The van der Waals surface area contributed by atoms with Gasteiger partial charge in [0.2, 0.25) is 0 Å². The monoisotopic (exact) mass is 490 g/mol. The summed E-state index contributed by atoms with van der Waals surface area (Å²) in [6.07, 6.45) is -1.98. The van der Waals surface area contributed by atoms with E-state index in [0.29, 0.717) is 51.3 Å². The maximum Gasteiger partial charge on any atom is 0.423 e. The van der Waals surface area contributed by atoms with Crippen molar-refractivity contribution in [3.05, 3.63) is 41.4 Å². The summed E-state index contributed by atoms with van der Waals surface area (Å²) in [6.45, 7) is 0.222. The first-order valence-corrected chi connectivity index (χ1v) is 11.0. The summed E-state index contributed by atoms with van der Waals surface area (Å²) in [5.74, 6) is -2.21. The minimum Gasteiger partial charge on any atom is -0.396 e. The van der Waals surface area contributed by atoms with Crippen molar-refractivity contribution in [3.8, 4) is 0 Å². The third kappa shape index (κ3) is 8.82. The van der Waals surface area contributed by atoms with Crippen LogP contribution < -0.4 is 21.7 Å². The number of nitrogens with two attached hydrogens (primary N) is 1. The van der Waals surface area contributed by atoms with E-state index in [1.54, 1.807) is 0 Å². The molecule has 1 aliphatic rings. The van der Waals surface area contributed by atoms with Crippen molar-refractivity contribution in [1.82, 2.24) is 16.0 Å². The van der Waals surface area contributed by atoms with Gasteiger partial charge in [0.15, 0.2) is 0 Å². The van der Waals surface area contributed by atoms with Crippen LogP contribution in [-0.4, -0.2) is 55.1 Å². The number of hydrogen-bond acceptors (Lipinski definition) is 6. The van der Waals surface area contributed by atoms with Crippen molar-refractivity contribution in [1.29, 1.82) is 0 Å². The molecule has 0 saturated carbocycles. The van der Waals surface area contributed by atoms with Crippen molar-refractivity contribution in [2.75, 3.05) is 25.4 Å². The van der Waals surface area contributed by atoms with Crippen LogP contribution in [0.15, 0.2) is 30.0 Å². The van der Waals surface area contributed by atoms with Gasteiger partial charge in [-0.25, -0.2) is 4.39 Å². The number of halogens is 4. The highest BCUT2D eigenvalue weighted by Gasteiger charge is 2.39. The number of amides is 2. The molecule has 2 atom stereocenters. The van der Waals surface area contributed by atoms with Gasteiger partial charge in [-0.2, -0.15) is 13.2 Å². The van der Waals surface area contributed by atoms with Crippen molar-refractivity contribution >= 4 is 17.5 Å². The Balaban J connectivity index is 1.63. The number of carbonyl (C=O) groups excluding carboxylic acids is 2. The zero-order valence-electron chi connectivity index (χ0n) is 18.6. The molecule has 1 aromatic rings. The molecule has 1 heterocycles. The number of alkyl halides is 3. The van der Waals surface area contributed by atoms with Crippen LogP contribution in [0.3, 0.4) is 0 Å². The molecule has 6 N–H and O–H groups in total. The molecule has 12 heteroatoms. The van der Waals surface area contributed by atoms with E-state index < -0.39 is 35.8 Å². The molecule has 1 aliphatic heterocycles. The molecule has 0 bridgehead atoms. The number of hydrogen-bond donors (Lipinski definition) is 5. The number of nitrogens with one attached hydrogen (secondary N) is 3. The number of benzene rings is 1. The van der Waals surface area contributed by atoms with E-state index in [2.05, 4.69) is 16.0 Å². The van der Waals surface area contributed by atoms with Crippen LogP contribution >= 0.6 is 0 Å². The van der Waals surface area contributed by atoms with Crippen molar-refractivity contribution in [2.24, 2.45) is 0 Å². The highest BCUT2D eigenvalue weighted by molar-refractivity contribution is 5.95. The Kier molecular flexibility index (Phi) is 10.6. The molecular formula is C22H30F4N4O4. The lowest BCUT2D eigenvalue weighted by atomic mass is 10.1. The van der Waals surface area contributed by atoms with Crippen LogP contribution in [0.25, 0.3) is 0 Å². The fraction of sp³-hybridized carbons (Fsp3) is 0.545. The molecule has 190 valence electrons. The van der Waals surface area contributed by atoms with Gasteiger partial charge in [-0.05, 0) is 43.9 Å². The highest BCUT2D eigenvalue weighted by atomic mass is 19.4. The van der Waals surface area contributed by atoms with Crippen molar-refractivity contribution < 1.29 is 37.0 Å². The Morgan fingerprint density at radius 2 is 1.79 bits per heavy atom. The Hall–Kier alpha value is -2.86. The molecule has 8 nitrogen and oxygen atoms in total. The van der Waals surface area contributed by atoms with Gasteiger partial charge in [-0.3, -0.25) is 9.59 Å². The Morgan fingerprint density at radius 3 is 2.38 bits per heavy atom. The number of rotatable bonds is 12. The summed E-state index contributed by atoms with van der Waals surface area (Å²) in [4.78, 5) is 24.0. The van der Waals surface area contributed by atoms with E-state index in [1.165, 1.54) is 12.1 Å². The molecule has 0 radical (unpaired) electrons. The zero-order chi connectivity index (χ0) is 25.1. The number of nitrogen functional groups attached to an aromatic ring is 1. The Morgan fingerprint density at radius 1 is 1.12 bits per heavy atom. The Labute approximate surface area is 194 Å². The number of anilines is 1. The fourth-order valence-corrected chi connectivity index (χ4v) is 3.30. The van der Waals surface area contributed by atoms with E-state index in [4.69, 9.17) is 15.6 Å². The van der Waals surface area contributed by atoms with Gasteiger partial charge in [0, 0.05) is 24.9 Å². The number of carbonyl (C=O) groups is 2. The average Bonchev–Trinajstić information content (AvgIpc) is 3.24. The number of aliphatic hydroxyl groups excluding tert-OH is 1. The SMILES string of the molecule is Nc1cc(C(=O)NCCCCCCNC(=O)/C(=C\N[C@H]2CC[C@@H](CO)O2)C(F)(F)F)ccc1F. The minimum atomic E-state index is -4.83. The minimum absolute atomic E-state index is 0.0694. The first-order valence-electron chi connectivity index (χ1n) is 11.0. The molecule has 1 saturated heterocycles. The second-order valence-corrected chi connectivity index (χ2v) is 7.89. The van der Waals surface area contributed by atoms with Gasteiger partial charge in [0.1, 0.15) is 17.6 Å². The van der Waals surface area contributed by atoms with Gasteiger partial charge in [0.25, 0.3) is 11.8 Å². The quantitative estimate of drug-likeness (QED) is 0.133. The van der Waals surface area contributed by atoms with Gasteiger partial charge in [-0.15, -0.1) is 0 Å². The van der Waals surface area contributed by atoms with E-state index in [9.17, 15) is 27.2 Å². The van der Waals surface area contributed by atoms with E-state index >= 15 is 0 Å². The van der Waals surface area contributed by atoms with Crippen LogP contribution in [0.4, 0.5) is 23.2 Å². The first-order chi connectivity index (χ1) is 16.1. The van der Waals surface area contributed by atoms with Gasteiger partial charge in [0.05, 0.1) is 18.4 Å². The molecule has 0 aromatic heterocycles. The number of unbranched alkanes of at least 4 members (excludes halogenated alkanes) is 3. The molecule has 1 aromatic carbocycles. The molecule has 2 rings (SSSR count). The Bertz CT molecular complexity index is 864. The normalized spacial score (nSPS) is 18.6. The van der Waals surface area contributed by atoms with Gasteiger partial charge >= 0.3 is 6.18 Å². The zero-order valence-corrected chi connectivity index (χ0v) is 18.6. The molecule has 0 aliphatic carbocycles. The third-order valence-corrected chi connectivity index (χ3v) is 5.21. The van der Waals surface area contributed by atoms with Crippen LogP contribution in [-0.2, 0) is 9.53 Å². The van der Waals surface area contributed by atoms with Crippen molar-refractivity contribution in [2.45, 2.75) is 57.0 Å². The molecule has 1 fully saturated rings. The maximum atomic E-state index is 13.2. The van der Waals surface area contributed by atoms with E-state index in [1.807, 2.05) is 0 Å². The summed E-state index contributed by atoms with van der Waals surface area (Å²) in [7, 11) is 0. The second kappa shape index (κ2) is 13.1. The van der Waals surface area contributed by atoms with Gasteiger partial charge in [-0.1, -0.05) is 12.8 Å². The summed E-state index contributed by atoms with van der Waals surface area (Å²) >= 11 is 0. The van der Waals surface area contributed by atoms with Crippen LogP contribution in [0, 0.1) is 5.82 Å². The predicted molar refractivity (Wildman–Crippen MR) is 117 cm³/mol. The lowest BCUT2D eigenvalue weighted by molar-refractivity contribution is -0.130. The smallest absolute Gasteiger partial charge is 0.396 e. The molecule has 0 spiro atoms. The maximum absolute atomic E-state index is 13.2. The van der Waals surface area contributed by atoms with Crippen LogP contribution in [0.5, 0.6) is 0 Å². The summed E-state index contributed by atoms with van der Waals surface area (Å²) < 4.78 is 58.1. The summed E-state index contributed by atoms with van der Waals surface area (Å²) in [5, 5.41) is 16.4. The average molecular weight is 490 g/mol. The van der Waals surface area contributed by atoms with Crippen LogP contribution in [0.2, 0.25) is 0 Å². The topological polar surface area (TPSA) is 126 Å². The lowest BCUT2D eigenvalue weighted by Crippen LogP contribution is -2.35. The first kappa shape index (κ1) is 27.4. The van der Waals surface area contributed by atoms with Gasteiger partial charge < -0.3 is 31.5 Å². The van der Waals surface area contributed by atoms with Crippen molar-refractivity contribution in [3.63, 3.8) is 0 Å². The molecular weight excluding hydrogens is 460 g/mol. The molecule has 34 heavy (non-hydrogen) atoms. The molecule has 2 amide bonds. The summed E-state index contributed by atoms with van der Waals surface area (Å²) in [5.41, 5.74) is 4.21. The largest absolute Gasteiger partial charge is 0.423 e. The lowest BCUT2D eigenvalue weighted by Gasteiger charge is -2.16. The van der Waals surface area contributed by atoms with E-state index in [0.717, 1.165) is 6.07 Å². The number of ether oxygens (including phenoxy) is 1. The highest BCUT2D eigenvalue weighted by Crippen LogP contribution is 2.26. The fourth-order valence-electron chi connectivity index (χ4n) is 3.30. The summed E-state index contributed by atoms with van der Waals surface area (Å²) in [6, 6.07) is 3.69. The predicted octanol–water partition coefficient (Wildman–Crippen LogP) is 2.35. The molecule has 0 unspecified atom stereocenters. The standard InChI is InChI=1S/C22H30F4N4O4/c23-17-7-5-14(11-18(17)27)20(32)28-9-3-1-2-4-10-29-21(33)16(22(24,25)26)12-30-19-8-6-15(13-31)34-19/h5,7,11-12,15,19,30-31H,1-4,6,8-10,13,27H2,(H,28,32)(H,29,33)/b16-12+/t15-,19+/m0/s1. The van der Waals surface area contributed by atoms with Crippen LogP contribution in [0.1, 0.15) is 48.9 Å². The number of aliphatic hydroxyl groups is 1.